The van der Waals surface area contributed by atoms with Gasteiger partial charge in [-0.05, 0) is 19.8 Å². The molecule has 0 saturated carbocycles. The van der Waals surface area contributed by atoms with Crippen molar-refractivity contribution < 1.29 is 14.3 Å². The van der Waals surface area contributed by atoms with E-state index in [0.717, 1.165) is 32.5 Å². The maximum atomic E-state index is 10.9. The Bertz CT molecular complexity index is 210. The summed E-state index contributed by atoms with van der Waals surface area (Å²) in [6, 6.07) is 0. The van der Waals surface area contributed by atoms with Crippen LogP contribution in [-0.4, -0.2) is 38.4 Å². The molecule has 1 fully saturated rings. The molecule has 1 heterocycles. The summed E-state index contributed by atoms with van der Waals surface area (Å²) < 4.78 is 10.3. The highest BCUT2D eigenvalue weighted by atomic mass is 16.5. The lowest BCUT2D eigenvalue weighted by Gasteiger charge is -2.22. The molecule has 0 unspecified atom stereocenters. The molecule has 0 radical (unpaired) electrons. The van der Waals surface area contributed by atoms with Crippen LogP contribution < -0.4 is 5.32 Å². The van der Waals surface area contributed by atoms with E-state index in [0.29, 0.717) is 6.61 Å². The number of carbonyl (C=O) groups is 1. The molecule has 1 aliphatic heterocycles. The SMILES string of the molecule is CCOC(=O)C=CCC[C@@H]1CNCCO1. The number of hydrogen-bond acceptors (Lipinski definition) is 4. The molecule has 1 atom stereocenters. The van der Waals surface area contributed by atoms with Gasteiger partial charge in [-0.1, -0.05) is 6.08 Å². The van der Waals surface area contributed by atoms with E-state index in [1.165, 1.54) is 6.08 Å². The van der Waals surface area contributed by atoms with Crippen molar-refractivity contribution in [3.8, 4) is 0 Å². The molecule has 4 nitrogen and oxygen atoms in total. The first-order valence-corrected chi connectivity index (χ1v) is 5.48. The first-order valence-electron chi connectivity index (χ1n) is 5.48. The second kappa shape index (κ2) is 7.43. The van der Waals surface area contributed by atoms with Crippen molar-refractivity contribution in [3.63, 3.8) is 0 Å². The molecule has 15 heavy (non-hydrogen) atoms. The van der Waals surface area contributed by atoms with Crippen molar-refractivity contribution in [3.05, 3.63) is 12.2 Å². The standard InChI is InChI=1S/C11H19NO3/c1-2-14-11(13)6-4-3-5-10-9-12-7-8-15-10/h4,6,10,12H,2-3,5,7-9H2,1H3/t10-/m1/s1. The minimum Gasteiger partial charge on any atom is -0.463 e. The lowest BCUT2D eigenvalue weighted by molar-refractivity contribution is -0.137. The second-order valence-electron chi connectivity index (χ2n) is 3.43. The van der Waals surface area contributed by atoms with Crippen LogP contribution in [0.1, 0.15) is 19.8 Å². The molecule has 4 heteroatoms. The van der Waals surface area contributed by atoms with Crippen LogP contribution in [-0.2, 0) is 14.3 Å². The van der Waals surface area contributed by atoms with E-state index in [4.69, 9.17) is 9.47 Å². The van der Waals surface area contributed by atoms with Crippen LogP contribution in [0.25, 0.3) is 0 Å². The minimum atomic E-state index is -0.264. The Morgan fingerprint density at radius 1 is 1.67 bits per heavy atom. The summed E-state index contributed by atoms with van der Waals surface area (Å²) in [5.74, 6) is -0.264. The number of morpholine rings is 1. The zero-order valence-corrected chi connectivity index (χ0v) is 9.20. The van der Waals surface area contributed by atoms with Crippen LogP contribution in [0.4, 0.5) is 0 Å². The maximum absolute atomic E-state index is 10.9. The molecule has 0 spiro atoms. The zero-order valence-electron chi connectivity index (χ0n) is 9.20. The van der Waals surface area contributed by atoms with Crippen molar-refractivity contribution in [1.82, 2.24) is 5.32 Å². The molecule has 1 N–H and O–H groups in total. The van der Waals surface area contributed by atoms with E-state index in [1.807, 2.05) is 6.08 Å². The van der Waals surface area contributed by atoms with Gasteiger partial charge in [-0.3, -0.25) is 0 Å². The fourth-order valence-electron chi connectivity index (χ4n) is 1.46. The number of esters is 1. The summed E-state index contributed by atoms with van der Waals surface area (Å²) in [6.07, 6.45) is 5.41. The van der Waals surface area contributed by atoms with Gasteiger partial charge >= 0.3 is 5.97 Å². The third kappa shape index (κ3) is 5.54. The van der Waals surface area contributed by atoms with Crippen LogP contribution >= 0.6 is 0 Å². The quantitative estimate of drug-likeness (QED) is 0.544. The van der Waals surface area contributed by atoms with Crippen molar-refractivity contribution in [2.24, 2.45) is 0 Å². The van der Waals surface area contributed by atoms with E-state index < -0.39 is 0 Å². The van der Waals surface area contributed by atoms with Gasteiger partial charge in [-0.15, -0.1) is 0 Å². The van der Waals surface area contributed by atoms with Crippen LogP contribution in [0.3, 0.4) is 0 Å². The fourth-order valence-corrected chi connectivity index (χ4v) is 1.46. The average Bonchev–Trinajstić information content (AvgIpc) is 2.26. The van der Waals surface area contributed by atoms with E-state index in [2.05, 4.69) is 5.32 Å². The molecule has 86 valence electrons. The normalized spacial score (nSPS) is 21.8. The lowest BCUT2D eigenvalue weighted by atomic mass is 10.1. The topological polar surface area (TPSA) is 47.6 Å². The van der Waals surface area contributed by atoms with Gasteiger partial charge in [0.05, 0.1) is 19.3 Å². The van der Waals surface area contributed by atoms with Crippen LogP contribution in [0.2, 0.25) is 0 Å². The van der Waals surface area contributed by atoms with E-state index in [1.54, 1.807) is 6.92 Å². The van der Waals surface area contributed by atoms with Gasteiger partial charge in [-0.2, -0.15) is 0 Å². The maximum Gasteiger partial charge on any atom is 0.330 e. The molecule has 1 saturated heterocycles. The molecule has 0 aromatic carbocycles. The second-order valence-corrected chi connectivity index (χ2v) is 3.43. The fraction of sp³-hybridized carbons (Fsp3) is 0.727. The highest BCUT2D eigenvalue weighted by Crippen LogP contribution is 2.05. The Morgan fingerprint density at radius 3 is 3.20 bits per heavy atom. The smallest absolute Gasteiger partial charge is 0.330 e. The number of hydrogen-bond donors (Lipinski definition) is 1. The van der Waals surface area contributed by atoms with Gasteiger partial charge in [-0.25, -0.2) is 4.79 Å². The third-order valence-corrected chi connectivity index (χ3v) is 2.20. The highest BCUT2D eigenvalue weighted by molar-refractivity contribution is 5.81. The van der Waals surface area contributed by atoms with Crippen LogP contribution in [0, 0.1) is 0 Å². The first-order chi connectivity index (χ1) is 7.33. The molecule has 0 bridgehead atoms. The Morgan fingerprint density at radius 2 is 2.53 bits per heavy atom. The number of allylic oxidation sites excluding steroid dienone is 1. The molecule has 0 aliphatic carbocycles. The van der Waals surface area contributed by atoms with Gasteiger partial charge in [0.15, 0.2) is 0 Å². The van der Waals surface area contributed by atoms with Crippen molar-refractivity contribution in [2.75, 3.05) is 26.3 Å². The first kappa shape index (κ1) is 12.2. The van der Waals surface area contributed by atoms with Crippen LogP contribution in [0.15, 0.2) is 12.2 Å². The molecule has 0 aromatic rings. The Hall–Kier alpha value is -0.870. The van der Waals surface area contributed by atoms with Gasteiger partial charge < -0.3 is 14.8 Å². The average molecular weight is 213 g/mol. The van der Waals surface area contributed by atoms with E-state index in [9.17, 15) is 4.79 Å². The molecular weight excluding hydrogens is 194 g/mol. The van der Waals surface area contributed by atoms with Gasteiger partial charge in [0.2, 0.25) is 0 Å². The molecular formula is C11H19NO3. The Kier molecular flexibility index (Phi) is 6.04. The predicted octanol–water partition coefficient (Wildman–Crippen LogP) is 0.874. The van der Waals surface area contributed by atoms with Crippen molar-refractivity contribution in [2.45, 2.75) is 25.9 Å². The van der Waals surface area contributed by atoms with Crippen molar-refractivity contribution in [1.29, 1.82) is 0 Å². The Labute approximate surface area is 90.6 Å². The summed E-state index contributed by atoms with van der Waals surface area (Å²) >= 11 is 0. The van der Waals surface area contributed by atoms with E-state index in [-0.39, 0.29) is 12.1 Å². The van der Waals surface area contributed by atoms with Crippen molar-refractivity contribution >= 4 is 5.97 Å². The summed E-state index contributed by atoms with van der Waals surface area (Å²) in [7, 11) is 0. The monoisotopic (exact) mass is 213 g/mol. The van der Waals surface area contributed by atoms with Crippen LogP contribution in [0.5, 0.6) is 0 Å². The van der Waals surface area contributed by atoms with Gasteiger partial charge in [0.25, 0.3) is 0 Å². The largest absolute Gasteiger partial charge is 0.463 e. The number of nitrogens with one attached hydrogen (secondary N) is 1. The summed E-state index contributed by atoms with van der Waals surface area (Å²) in [5.41, 5.74) is 0. The third-order valence-electron chi connectivity index (χ3n) is 2.20. The van der Waals surface area contributed by atoms with Gasteiger partial charge in [0, 0.05) is 19.2 Å². The lowest BCUT2D eigenvalue weighted by Crippen LogP contribution is -2.38. The number of rotatable bonds is 5. The van der Waals surface area contributed by atoms with Gasteiger partial charge in [0.1, 0.15) is 0 Å². The summed E-state index contributed by atoms with van der Waals surface area (Å²) in [4.78, 5) is 10.9. The minimum absolute atomic E-state index is 0.264. The van der Waals surface area contributed by atoms with E-state index >= 15 is 0 Å². The molecule has 0 aromatic heterocycles. The highest BCUT2D eigenvalue weighted by Gasteiger charge is 2.11. The molecule has 1 aliphatic rings. The molecule has 1 rings (SSSR count). The Balaban J connectivity index is 2.06. The molecule has 0 amide bonds. The number of ether oxygens (including phenoxy) is 2. The zero-order chi connectivity index (χ0) is 10.9. The summed E-state index contributed by atoms with van der Waals surface area (Å²) in [6.45, 7) is 4.86. The predicted molar refractivity (Wildman–Crippen MR) is 57.6 cm³/mol. The summed E-state index contributed by atoms with van der Waals surface area (Å²) in [5, 5.41) is 3.26. The number of carbonyl (C=O) groups excluding carboxylic acids is 1.